The number of rotatable bonds is 40. The van der Waals surface area contributed by atoms with E-state index >= 15 is 0 Å². The number of allylic oxidation sites excluding steroid dienone is 3. The predicted molar refractivity (Wildman–Crippen MR) is 226 cm³/mol. The lowest BCUT2D eigenvalue weighted by molar-refractivity contribution is -0.870. The molecule has 0 saturated heterocycles. The highest BCUT2D eigenvalue weighted by atomic mass is 31.2. The van der Waals surface area contributed by atoms with Crippen LogP contribution in [0.15, 0.2) is 24.3 Å². The summed E-state index contributed by atoms with van der Waals surface area (Å²) >= 11 is 0. The van der Waals surface area contributed by atoms with Gasteiger partial charge in [-0.25, -0.2) is 4.57 Å². The number of unbranched alkanes of at least 4 members (excludes halogenated alkanes) is 25. The van der Waals surface area contributed by atoms with E-state index in [0.717, 1.165) is 38.5 Å². The third kappa shape index (κ3) is 39.0. The second-order valence-corrected chi connectivity index (χ2v) is 17.9. The van der Waals surface area contributed by atoms with Crippen LogP contribution in [0.2, 0.25) is 0 Å². The third-order valence-electron chi connectivity index (χ3n) is 9.90. The Morgan fingerprint density at radius 3 is 1.53 bits per heavy atom. The fourth-order valence-corrected chi connectivity index (χ4v) is 7.07. The third-order valence-corrected chi connectivity index (χ3v) is 10.9. The molecule has 314 valence electrons. The first kappa shape index (κ1) is 52.0. The number of nitrogens with zero attached hydrogens (tertiary/aromatic N) is 1. The quantitative estimate of drug-likeness (QED) is 0.0248. The molecule has 0 fully saturated rings. The molecule has 1 unspecified atom stereocenters. The second kappa shape index (κ2) is 36.6. The minimum atomic E-state index is -4.33. The van der Waals surface area contributed by atoms with Crippen LogP contribution < -0.4 is 5.32 Å². The molecule has 0 aromatic rings. The normalized spacial score (nSPS) is 14.6. The van der Waals surface area contributed by atoms with E-state index < -0.39 is 20.0 Å². The molecule has 0 heterocycles. The fraction of sp³-hybridized carbons (Fsp3) is 0.886. The number of carbonyl (C=O) groups excluding carboxylic acids is 1. The molecule has 0 aromatic heterocycles. The van der Waals surface area contributed by atoms with E-state index in [0.29, 0.717) is 17.4 Å². The molecule has 0 aliphatic rings. The van der Waals surface area contributed by atoms with E-state index in [1.165, 1.54) is 141 Å². The van der Waals surface area contributed by atoms with E-state index in [-0.39, 0.29) is 19.1 Å². The summed E-state index contributed by atoms with van der Waals surface area (Å²) in [6, 6.07) is -0.844. The van der Waals surface area contributed by atoms with Gasteiger partial charge in [0.15, 0.2) is 0 Å². The predicted octanol–water partition coefficient (Wildman–Crippen LogP) is 12.1. The molecule has 3 atom stereocenters. The van der Waals surface area contributed by atoms with Crippen molar-refractivity contribution in [2.75, 3.05) is 40.9 Å². The minimum absolute atomic E-state index is 0.0616. The number of nitrogens with one attached hydrogen (secondary N) is 1. The summed E-state index contributed by atoms with van der Waals surface area (Å²) in [7, 11) is 1.57. The summed E-state index contributed by atoms with van der Waals surface area (Å²) in [6.07, 6.45) is 42.4. The van der Waals surface area contributed by atoms with Crippen LogP contribution in [-0.2, 0) is 18.4 Å². The topological polar surface area (TPSA) is 105 Å². The van der Waals surface area contributed by atoms with Crippen molar-refractivity contribution in [1.82, 2.24) is 5.32 Å². The number of quaternary nitrogens is 1. The van der Waals surface area contributed by atoms with Gasteiger partial charge in [-0.2, -0.15) is 0 Å². The number of likely N-dealkylation sites (N-methyl/N-ethyl adjacent to an activating group) is 1. The van der Waals surface area contributed by atoms with Gasteiger partial charge in [0.1, 0.15) is 13.2 Å². The Balaban J connectivity index is 4.37. The first-order valence-corrected chi connectivity index (χ1v) is 23.7. The van der Waals surface area contributed by atoms with E-state index in [4.69, 9.17) is 9.05 Å². The standard InChI is InChI=1S/C44H87N2O6P/c1-6-8-10-12-14-16-18-20-21-22-23-24-26-28-30-32-34-36-38-44(48)45-42(41-52-53(49,50)51-40-39-46(3,4)5)43(47)37-35-33-31-29-27-25-19-17-15-13-11-9-7-2/h11,13,35,37,42-43,47H,6-10,12,14-34,36,38-41H2,1-5H3,(H-,45,48,49,50)/p+1/b13-11-,37-35+/t42-,43+/m0/s1. The van der Waals surface area contributed by atoms with E-state index in [9.17, 15) is 19.4 Å². The zero-order chi connectivity index (χ0) is 39.3. The van der Waals surface area contributed by atoms with Gasteiger partial charge in [-0.05, 0) is 38.5 Å². The Labute approximate surface area is 328 Å². The highest BCUT2D eigenvalue weighted by molar-refractivity contribution is 7.47. The summed E-state index contributed by atoms with van der Waals surface area (Å²) in [4.78, 5) is 23.1. The van der Waals surface area contributed by atoms with Crippen molar-refractivity contribution in [3.8, 4) is 0 Å². The molecular formula is C44H88N2O6P+. The number of phosphoric ester groups is 1. The molecule has 53 heavy (non-hydrogen) atoms. The highest BCUT2D eigenvalue weighted by Gasteiger charge is 2.27. The molecule has 1 amide bonds. The van der Waals surface area contributed by atoms with Gasteiger partial charge in [0.25, 0.3) is 0 Å². The first-order valence-electron chi connectivity index (χ1n) is 22.2. The number of aliphatic hydroxyl groups excluding tert-OH is 1. The molecule has 0 aromatic carbocycles. The lowest BCUT2D eigenvalue weighted by Gasteiger charge is -2.25. The van der Waals surface area contributed by atoms with Crippen molar-refractivity contribution in [2.45, 2.75) is 212 Å². The van der Waals surface area contributed by atoms with Crippen LogP contribution >= 0.6 is 7.82 Å². The van der Waals surface area contributed by atoms with Crippen LogP contribution in [0.1, 0.15) is 200 Å². The summed E-state index contributed by atoms with van der Waals surface area (Å²) in [5.41, 5.74) is 0. The van der Waals surface area contributed by atoms with Gasteiger partial charge in [0, 0.05) is 6.42 Å². The number of aliphatic hydroxyl groups is 1. The molecule has 0 bridgehead atoms. The van der Waals surface area contributed by atoms with Crippen molar-refractivity contribution in [2.24, 2.45) is 0 Å². The number of hydrogen-bond donors (Lipinski definition) is 3. The van der Waals surface area contributed by atoms with E-state index in [1.807, 2.05) is 27.2 Å². The number of amides is 1. The average molecular weight is 772 g/mol. The lowest BCUT2D eigenvalue weighted by Crippen LogP contribution is -2.45. The molecule has 0 saturated carbocycles. The highest BCUT2D eigenvalue weighted by Crippen LogP contribution is 2.43. The van der Waals surface area contributed by atoms with Gasteiger partial charge in [0.2, 0.25) is 5.91 Å². The van der Waals surface area contributed by atoms with Gasteiger partial charge in [-0.15, -0.1) is 0 Å². The maximum absolute atomic E-state index is 12.9. The van der Waals surface area contributed by atoms with Crippen molar-refractivity contribution in [3.63, 3.8) is 0 Å². The number of phosphoric acid groups is 1. The van der Waals surface area contributed by atoms with Crippen LogP contribution in [0.4, 0.5) is 0 Å². The van der Waals surface area contributed by atoms with Gasteiger partial charge in [-0.3, -0.25) is 13.8 Å². The zero-order valence-corrected chi connectivity index (χ0v) is 36.4. The molecule has 0 radical (unpaired) electrons. The van der Waals surface area contributed by atoms with E-state index in [1.54, 1.807) is 6.08 Å². The van der Waals surface area contributed by atoms with Crippen LogP contribution in [0.3, 0.4) is 0 Å². The van der Waals surface area contributed by atoms with Crippen LogP contribution in [-0.4, -0.2) is 73.4 Å². The average Bonchev–Trinajstić information content (AvgIpc) is 3.10. The smallest absolute Gasteiger partial charge is 0.387 e. The molecule has 0 spiro atoms. The minimum Gasteiger partial charge on any atom is -0.387 e. The summed E-state index contributed by atoms with van der Waals surface area (Å²) in [6.45, 7) is 4.76. The lowest BCUT2D eigenvalue weighted by atomic mass is 10.0. The van der Waals surface area contributed by atoms with Gasteiger partial charge in [0.05, 0.1) is 39.9 Å². The van der Waals surface area contributed by atoms with Crippen LogP contribution in [0.5, 0.6) is 0 Å². The Bertz CT molecular complexity index is 922. The Morgan fingerprint density at radius 1 is 0.623 bits per heavy atom. The monoisotopic (exact) mass is 772 g/mol. The van der Waals surface area contributed by atoms with Gasteiger partial charge < -0.3 is 19.8 Å². The van der Waals surface area contributed by atoms with Crippen molar-refractivity contribution in [3.05, 3.63) is 24.3 Å². The molecule has 0 aliphatic carbocycles. The molecule has 0 aliphatic heterocycles. The van der Waals surface area contributed by atoms with Crippen molar-refractivity contribution in [1.29, 1.82) is 0 Å². The summed E-state index contributed by atoms with van der Waals surface area (Å²) in [5.74, 6) is -0.179. The first-order chi connectivity index (χ1) is 25.5. The maximum Gasteiger partial charge on any atom is 0.472 e. The second-order valence-electron chi connectivity index (χ2n) is 16.4. The molecule has 3 N–H and O–H groups in total. The Morgan fingerprint density at radius 2 is 1.06 bits per heavy atom. The van der Waals surface area contributed by atoms with Gasteiger partial charge in [-0.1, -0.05) is 179 Å². The maximum atomic E-state index is 12.9. The van der Waals surface area contributed by atoms with Crippen LogP contribution in [0.25, 0.3) is 0 Å². The Kier molecular flexibility index (Phi) is 35.9. The molecule has 9 heteroatoms. The van der Waals surface area contributed by atoms with Crippen molar-refractivity contribution < 1.29 is 32.9 Å². The zero-order valence-electron chi connectivity index (χ0n) is 35.5. The Hall–Kier alpha value is -1.02. The van der Waals surface area contributed by atoms with Gasteiger partial charge >= 0.3 is 7.82 Å². The number of hydrogen-bond acceptors (Lipinski definition) is 5. The fourth-order valence-electron chi connectivity index (χ4n) is 6.34. The SMILES string of the molecule is CCC/C=C\CCCCCCCC/C=C/[C@@H](O)[C@H](COP(=O)(O)OCC[N+](C)(C)C)NC(=O)CCCCCCCCCCCCCCCCCCCC. The number of carbonyl (C=O) groups is 1. The van der Waals surface area contributed by atoms with E-state index in [2.05, 4.69) is 31.3 Å². The summed E-state index contributed by atoms with van der Waals surface area (Å²) in [5, 5.41) is 13.8. The molecular weight excluding hydrogens is 683 g/mol. The van der Waals surface area contributed by atoms with Crippen molar-refractivity contribution >= 4 is 13.7 Å². The van der Waals surface area contributed by atoms with Crippen LogP contribution in [0, 0.1) is 0 Å². The summed E-state index contributed by atoms with van der Waals surface area (Å²) < 4.78 is 23.5. The molecule has 8 nitrogen and oxygen atoms in total. The largest absolute Gasteiger partial charge is 0.472 e. The molecule has 0 rings (SSSR count).